The fourth-order valence-electron chi connectivity index (χ4n) is 2.07. The fraction of sp³-hybridized carbons (Fsp3) is 0.471. The van der Waals surface area contributed by atoms with E-state index in [0.717, 1.165) is 0 Å². The molecule has 1 aromatic carbocycles. The largest absolute Gasteiger partial charge is 0.462 e. The first-order valence-corrected chi connectivity index (χ1v) is 7.31. The molecule has 130 valence electrons. The molecule has 0 heterocycles. The molecule has 0 saturated carbocycles. The summed E-state index contributed by atoms with van der Waals surface area (Å²) in [5.74, 6) is -5.73. The average molecular weight is 339 g/mol. The molecule has 5 nitrogen and oxygen atoms in total. The minimum absolute atomic E-state index is 0.000575. The molecule has 0 aromatic heterocycles. The Kier molecular flexibility index (Phi) is 6.02. The number of carbonyl (C=O) groups excluding carboxylic acids is 2. The second-order valence-corrected chi connectivity index (χ2v) is 6.07. The molecule has 0 spiro atoms. The molecule has 0 fully saturated rings. The van der Waals surface area contributed by atoms with Crippen molar-refractivity contribution in [3.05, 3.63) is 34.4 Å². The van der Waals surface area contributed by atoms with Gasteiger partial charge >= 0.3 is 11.9 Å². The quantitative estimate of drug-likeness (QED) is 0.786. The third kappa shape index (κ3) is 4.28. The van der Waals surface area contributed by atoms with Gasteiger partial charge in [0.2, 0.25) is 0 Å². The van der Waals surface area contributed by atoms with Gasteiger partial charge in [-0.1, -0.05) is 0 Å². The van der Waals surface area contributed by atoms with E-state index in [1.165, 1.54) is 13.8 Å². The number of nitriles is 1. The number of nitrogens with zero attached hydrogens (tertiary/aromatic N) is 1. The Morgan fingerprint density at radius 1 is 1.33 bits per heavy atom. The molecule has 0 amide bonds. The summed E-state index contributed by atoms with van der Waals surface area (Å²) >= 11 is 0. The normalized spacial score (nSPS) is 12.2. The van der Waals surface area contributed by atoms with E-state index in [9.17, 15) is 23.6 Å². The Bertz CT molecular complexity index is 702. The average Bonchev–Trinajstić information content (AvgIpc) is 2.45. The highest BCUT2D eigenvalue weighted by Gasteiger charge is 2.33. The molecule has 24 heavy (non-hydrogen) atoms. The van der Waals surface area contributed by atoms with E-state index >= 15 is 0 Å². The predicted molar refractivity (Wildman–Crippen MR) is 81.3 cm³/mol. The molecule has 1 atom stereocenters. The van der Waals surface area contributed by atoms with Crippen LogP contribution in [0, 0.1) is 29.9 Å². The number of rotatable bonds is 4. The Hall–Kier alpha value is -2.49. The Labute approximate surface area is 139 Å². The van der Waals surface area contributed by atoms with Crippen molar-refractivity contribution < 1.29 is 27.8 Å². The first-order valence-electron chi connectivity index (χ1n) is 7.31. The monoisotopic (exact) mass is 339 g/mol. The lowest BCUT2D eigenvalue weighted by molar-refractivity contribution is -0.155. The van der Waals surface area contributed by atoms with Gasteiger partial charge in [-0.25, -0.2) is 13.6 Å². The zero-order valence-electron chi connectivity index (χ0n) is 14.2. The van der Waals surface area contributed by atoms with E-state index in [1.807, 2.05) is 0 Å². The number of esters is 2. The predicted octanol–water partition coefficient (Wildman–Crippen LogP) is 3.40. The highest BCUT2D eigenvalue weighted by molar-refractivity contribution is 5.91. The summed E-state index contributed by atoms with van der Waals surface area (Å²) in [6.45, 7) is 7.49. The number of benzene rings is 1. The number of halogens is 2. The third-order valence-electron chi connectivity index (χ3n) is 3.05. The van der Waals surface area contributed by atoms with Crippen molar-refractivity contribution in [2.45, 2.75) is 46.1 Å². The minimum atomic E-state index is -1.64. The molecule has 0 aliphatic heterocycles. The van der Waals surface area contributed by atoms with E-state index in [-0.39, 0.29) is 12.2 Å². The second kappa shape index (κ2) is 7.39. The summed E-state index contributed by atoms with van der Waals surface area (Å²) in [7, 11) is 0. The lowest BCUT2D eigenvalue weighted by Crippen LogP contribution is -2.28. The van der Waals surface area contributed by atoms with Gasteiger partial charge < -0.3 is 9.47 Å². The third-order valence-corrected chi connectivity index (χ3v) is 3.05. The SMILES string of the molecule is CCOC(=O)c1cc(F)c(C(C#N)C(=O)OC(C)(C)C)c(C)c1F. The summed E-state index contributed by atoms with van der Waals surface area (Å²) in [4.78, 5) is 23.8. The summed E-state index contributed by atoms with van der Waals surface area (Å²) in [5.41, 5.74) is -2.23. The van der Waals surface area contributed by atoms with Gasteiger partial charge in [-0.3, -0.25) is 4.79 Å². The van der Waals surface area contributed by atoms with Crippen LogP contribution in [0.5, 0.6) is 0 Å². The van der Waals surface area contributed by atoms with Gasteiger partial charge in [0, 0.05) is 5.56 Å². The summed E-state index contributed by atoms with van der Waals surface area (Å²) in [6, 6.07) is 2.26. The molecule has 1 rings (SSSR count). The van der Waals surface area contributed by atoms with Crippen molar-refractivity contribution in [1.82, 2.24) is 0 Å². The van der Waals surface area contributed by atoms with Crippen molar-refractivity contribution in [1.29, 1.82) is 5.26 Å². The molecular weight excluding hydrogens is 320 g/mol. The minimum Gasteiger partial charge on any atom is -0.462 e. The van der Waals surface area contributed by atoms with Crippen molar-refractivity contribution >= 4 is 11.9 Å². The molecule has 0 N–H and O–H groups in total. The first-order chi connectivity index (χ1) is 11.0. The van der Waals surface area contributed by atoms with Crippen molar-refractivity contribution in [3.8, 4) is 6.07 Å². The van der Waals surface area contributed by atoms with E-state index in [2.05, 4.69) is 4.74 Å². The van der Waals surface area contributed by atoms with Gasteiger partial charge in [-0.2, -0.15) is 5.26 Å². The highest BCUT2D eigenvalue weighted by atomic mass is 19.1. The topological polar surface area (TPSA) is 76.4 Å². The van der Waals surface area contributed by atoms with Gasteiger partial charge in [0.05, 0.1) is 18.2 Å². The van der Waals surface area contributed by atoms with Crippen molar-refractivity contribution in [2.75, 3.05) is 6.61 Å². The van der Waals surface area contributed by atoms with Gasteiger partial charge in [-0.15, -0.1) is 0 Å². The van der Waals surface area contributed by atoms with Crippen molar-refractivity contribution in [3.63, 3.8) is 0 Å². The van der Waals surface area contributed by atoms with Crippen LogP contribution < -0.4 is 0 Å². The van der Waals surface area contributed by atoms with Gasteiger partial charge in [0.25, 0.3) is 0 Å². The van der Waals surface area contributed by atoms with Crippen LogP contribution >= 0.6 is 0 Å². The van der Waals surface area contributed by atoms with Crippen LogP contribution in [-0.4, -0.2) is 24.1 Å². The van der Waals surface area contributed by atoms with E-state index < -0.39 is 46.2 Å². The second-order valence-electron chi connectivity index (χ2n) is 6.07. The maximum absolute atomic E-state index is 14.4. The molecule has 7 heteroatoms. The lowest BCUT2D eigenvalue weighted by atomic mass is 9.92. The maximum atomic E-state index is 14.4. The summed E-state index contributed by atoms with van der Waals surface area (Å²) in [5, 5.41) is 9.22. The van der Waals surface area contributed by atoms with Crippen LogP contribution in [0.4, 0.5) is 8.78 Å². The van der Waals surface area contributed by atoms with Gasteiger partial charge in [-0.05, 0) is 46.2 Å². The van der Waals surface area contributed by atoms with E-state index in [4.69, 9.17) is 4.74 Å². The molecule has 0 bridgehead atoms. The molecular formula is C17H19F2NO4. The number of ether oxygens (including phenoxy) is 2. The maximum Gasteiger partial charge on any atom is 0.341 e. The zero-order chi connectivity index (χ0) is 18.7. The van der Waals surface area contributed by atoms with Crippen LogP contribution in [0.25, 0.3) is 0 Å². The smallest absolute Gasteiger partial charge is 0.341 e. The van der Waals surface area contributed by atoms with Gasteiger partial charge in [0.15, 0.2) is 5.92 Å². The first kappa shape index (κ1) is 19.6. The van der Waals surface area contributed by atoms with Crippen LogP contribution in [0.1, 0.15) is 55.1 Å². The van der Waals surface area contributed by atoms with E-state index in [1.54, 1.807) is 26.8 Å². The molecule has 0 aliphatic rings. The van der Waals surface area contributed by atoms with Crippen LogP contribution in [0.15, 0.2) is 6.07 Å². The number of hydrogen-bond acceptors (Lipinski definition) is 5. The lowest BCUT2D eigenvalue weighted by Gasteiger charge is -2.22. The number of hydrogen-bond donors (Lipinski definition) is 0. The molecule has 0 saturated heterocycles. The Morgan fingerprint density at radius 2 is 1.92 bits per heavy atom. The van der Waals surface area contributed by atoms with E-state index in [0.29, 0.717) is 6.07 Å². The molecule has 1 unspecified atom stereocenters. The fourth-order valence-corrected chi connectivity index (χ4v) is 2.07. The molecule has 1 aromatic rings. The van der Waals surface area contributed by atoms with Crippen molar-refractivity contribution in [2.24, 2.45) is 0 Å². The zero-order valence-corrected chi connectivity index (χ0v) is 14.2. The van der Waals surface area contributed by atoms with Crippen LogP contribution in [-0.2, 0) is 14.3 Å². The summed E-state index contributed by atoms with van der Waals surface area (Å²) in [6.07, 6.45) is 0. The van der Waals surface area contributed by atoms with Gasteiger partial charge in [0.1, 0.15) is 17.2 Å². The van der Waals surface area contributed by atoms with Crippen LogP contribution in [0.3, 0.4) is 0 Å². The Morgan fingerprint density at radius 3 is 2.38 bits per heavy atom. The molecule has 0 radical (unpaired) electrons. The number of carbonyl (C=O) groups is 2. The standard InChI is InChI=1S/C17H19F2NO4/c1-6-23-15(21)10-7-12(18)13(9(2)14(10)19)11(8-20)16(22)24-17(3,4)5/h7,11H,6H2,1-5H3. The highest BCUT2D eigenvalue weighted by Crippen LogP contribution is 2.29. The summed E-state index contributed by atoms with van der Waals surface area (Å²) < 4.78 is 38.5. The molecule has 0 aliphatic carbocycles. The van der Waals surface area contributed by atoms with Crippen LogP contribution in [0.2, 0.25) is 0 Å². The Balaban J connectivity index is 3.39.